The van der Waals surface area contributed by atoms with E-state index in [1.54, 1.807) is 11.8 Å². The summed E-state index contributed by atoms with van der Waals surface area (Å²) in [7, 11) is 2.09. The van der Waals surface area contributed by atoms with Crippen LogP contribution in [0.5, 0.6) is 0 Å². The Morgan fingerprint density at radius 1 is 1.32 bits per heavy atom. The molecule has 1 saturated heterocycles. The fraction of sp³-hybridized carbons (Fsp3) is 0.643. The number of thioether (sulfide) groups is 1. The molecule has 3 heterocycles. The first-order valence-corrected chi connectivity index (χ1v) is 8.53. The van der Waals surface area contributed by atoms with Crippen LogP contribution in [0.2, 0.25) is 0 Å². The number of hydrogen-bond acceptors (Lipinski definition) is 5. The van der Waals surface area contributed by atoms with E-state index >= 15 is 0 Å². The van der Waals surface area contributed by atoms with Gasteiger partial charge in [0, 0.05) is 37.7 Å². The minimum Gasteiger partial charge on any atom is -0.317 e. The van der Waals surface area contributed by atoms with Gasteiger partial charge in [-0.05, 0) is 38.4 Å². The van der Waals surface area contributed by atoms with Crippen LogP contribution in [0.25, 0.3) is 0 Å². The lowest BCUT2D eigenvalue weighted by Gasteiger charge is -2.21. The third-order valence-electron chi connectivity index (χ3n) is 3.89. The van der Waals surface area contributed by atoms with Gasteiger partial charge in [0.25, 0.3) is 0 Å². The number of piperidine rings is 1. The highest BCUT2D eigenvalue weighted by Crippen LogP contribution is 2.26. The lowest BCUT2D eigenvalue weighted by molar-refractivity contribution is 0.434. The van der Waals surface area contributed by atoms with Gasteiger partial charge in [-0.1, -0.05) is 11.8 Å². The van der Waals surface area contributed by atoms with Crippen molar-refractivity contribution < 1.29 is 0 Å². The molecule has 0 radical (unpaired) electrons. The number of nitrogens with zero attached hydrogens (tertiary/aromatic N) is 5. The number of nitrogens with one attached hydrogen (secondary N) is 1. The third kappa shape index (κ3) is 4.24. The molecule has 1 aliphatic rings. The molecule has 122 valence electrons. The van der Waals surface area contributed by atoms with E-state index in [4.69, 9.17) is 0 Å². The molecule has 22 heavy (non-hydrogen) atoms. The highest BCUT2D eigenvalue weighted by atomic mass is 35.5. The Morgan fingerprint density at radius 3 is 2.86 bits per heavy atom. The van der Waals surface area contributed by atoms with E-state index < -0.39 is 0 Å². The van der Waals surface area contributed by atoms with Crippen LogP contribution in [0.3, 0.4) is 0 Å². The van der Waals surface area contributed by atoms with Gasteiger partial charge in [-0.15, -0.1) is 22.6 Å². The topological polar surface area (TPSA) is 60.6 Å². The summed E-state index contributed by atoms with van der Waals surface area (Å²) < 4.78 is 4.15. The SMILES string of the molecule is Cl.Cn1c(SCCCn2cccn2)nnc1C1CCNCC1. The summed E-state index contributed by atoms with van der Waals surface area (Å²) in [5.74, 6) is 2.74. The fourth-order valence-electron chi connectivity index (χ4n) is 2.71. The molecule has 8 heteroatoms. The molecule has 3 rings (SSSR count). The number of halogens is 1. The van der Waals surface area contributed by atoms with Gasteiger partial charge >= 0.3 is 0 Å². The van der Waals surface area contributed by atoms with Crippen LogP contribution >= 0.6 is 24.2 Å². The predicted molar refractivity (Wildman–Crippen MR) is 90.7 cm³/mol. The van der Waals surface area contributed by atoms with Gasteiger partial charge in [-0.25, -0.2) is 0 Å². The molecular formula is C14H23ClN6S. The van der Waals surface area contributed by atoms with Gasteiger partial charge in [0.1, 0.15) is 5.82 Å². The molecule has 1 aliphatic heterocycles. The second-order valence-corrected chi connectivity index (χ2v) is 6.46. The summed E-state index contributed by atoms with van der Waals surface area (Å²) in [6.45, 7) is 3.13. The van der Waals surface area contributed by atoms with E-state index in [1.165, 1.54) is 0 Å². The molecule has 0 atom stereocenters. The maximum atomic E-state index is 4.41. The highest BCUT2D eigenvalue weighted by Gasteiger charge is 2.21. The van der Waals surface area contributed by atoms with Crippen molar-refractivity contribution in [3.8, 4) is 0 Å². The van der Waals surface area contributed by atoms with Gasteiger partial charge in [0.2, 0.25) is 0 Å². The average Bonchev–Trinajstić information content (AvgIpc) is 3.15. The van der Waals surface area contributed by atoms with E-state index in [2.05, 4.69) is 32.2 Å². The number of rotatable bonds is 6. The van der Waals surface area contributed by atoms with Crippen molar-refractivity contribution >= 4 is 24.2 Å². The second-order valence-electron chi connectivity index (χ2n) is 5.40. The van der Waals surface area contributed by atoms with Crippen LogP contribution < -0.4 is 5.32 Å². The smallest absolute Gasteiger partial charge is 0.190 e. The normalized spacial score (nSPS) is 15.7. The largest absolute Gasteiger partial charge is 0.317 e. The fourth-order valence-corrected chi connectivity index (χ4v) is 3.55. The zero-order chi connectivity index (χ0) is 14.5. The van der Waals surface area contributed by atoms with E-state index in [0.717, 1.165) is 55.6 Å². The van der Waals surface area contributed by atoms with E-state index in [0.29, 0.717) is 5.92 Å². The molecule has 0 unspecified atom stereocenters. The maximum absolute atomic E-state index is 4.41. The molecule has 0 bridgehead atoms. The Bertz CT molecular complexity index is 550. The molecule has 1 N–H and O–H groups in total. The maximum Gasteiger partial charge on any atom is 0.190 e. The first-order valence-electron chi connectivity index (χ1n) is 7.55. The number of hydrogen-bond donors (Lipinski definition) is 1. The lowest BCUT2D eigenvalue weighted by Crippen LogP contribution is -2.27. The average molecular weight is 343 g/mol. The summed E-state index contributed by atoms with van der Waals surface area (Å²) in [6, 6.07) is 1.96. The Balaban J connectivity index is 0.00000176. The Hall–Kier alpha value is -1.05. The Morgan fingerprint density at radius 2 is 2.14 bits per heavy atom. The minimum atomic E-state index is 0. The predicted octanol–water partition coefficient (Wildman–Crippen LogP) is 2.08. The number of aromatic nitrogens is 5. The third-order valence-corrected chi connectivity index (χ3v) is 5.00. The highest BCUT2D eigenvalue weighted by molar-refractivity contribution is 7.99. The van der Waals surface area contributed by atoms with Gasteiger partial charge in [0.15, 0.2) is 5.16 Å². The van der Waals surface area contributed by atoms with Crippen LogP contribution in [0.4, 0.5) is 0 Å². The quantitative estimate of drug-likeness (QED) is 0.643. The summed E-state index contributed by atoms with van der Waals surface area (Å²) in [5, 5.41) is 17.4. The minimum absolute atomic E-state index is 0. The molecule has 0 aliphatic carbocycles. The zero-order valence-electron chi connectivity index (χ0n) is 12.8. The van der Waals surface area contributed by atoms with Crippen molar-refractivity contribution in [2.45, 2.75) is 36.9 Å². The molecule has 6 nitrogen and oxygen atoms in total. The monoisotopic (exact) mass is 342 g/mol. The summed E-state index contributed by atoms with van der Waals surface area (Å²) in [5.41, 5.74) is 0. The molecule has 0 amide bonds. The summed E-state index contributed by atoms with van der Waals surface area (Å²) >= 11 is 1.79. The van der Waals surface area contributed by atoms with Crippen LogP contribution in [-0.4, -0.2) is 43.4 Å². The standard InChI is InChI=1S/C14H22N6S.ClH/c1-19-13(12-4-7-15-8-5-12)17-18-14(19)21-11-3-10-20-9-2-6-16-20;/h2,6,9,12,15H,3-5,7-8,10-11H2,1H3;1H. The lowest BCUT2D eigenvalue weighted by atomic mass is 9.97. The van der Waals surface area contributed by atoms with E-state index in [1.807, 2.05) is 23.1 Å². The molecular weight excluding hydrogens is 320 g/mol. The molecule has 0 saturated carbocycles. The zero-order valence-corrected chi connectivity index (χ0v) is 14.4. The van der Waals surface area contributed by atoms with Gasteiger partial charge in [0.05, 0.1) is 0 Å². The van der Waals surface area contributed by atoms with Gasteiger partial charge in [-0.2, -0.15) is 5.10 Å². The van der Waals surface area contributed by atoms with Crippen molar-refractivity contribution in [3.63, 3.8) is 0 Å². The molecule has 2 aromatic rings. The van der Waals surface area contributed by atoms with Gasteiger partial charge < -0.3 is 9.88 Å². The second kappa shape index (κ2) is 8.55. The molecule has 2 aromatic heterocycles. The molecule has 1 fully saturated rings. The van der Waals surface area contributed by atoms with Crippen LogP contribution in [0, 0.1) is 0 Å². The van der Waals surface area contributed by atoms with E-state index in [-0.39, 0.29) is 12.4 Å². The first-order chi connectivity index (χ1) is 10.3. The van der Waals surface area contributed by atoms with Crippen molar-refractivity contribution in [2.75, 3.05) is 18.8 Å². The Kier molecular flexibility index (Phi) is 6.72. The molecule has 0 spiro atoms. The van der Waals surface area contributed by atoms with Crippen LogP contribution in [0.15, 0.2) is 23.6 Å². The summed E-state index contributed by atoms with van der Waals surface area (Å²) in [4.78, 5) is 0. The van der Waals surface area contributed by atoms with Crippen molar-refractivity contribution in [3.05, 3.63) is 24.3 Å². The molecule has 0 aromatic carbocycles. The van der Waals surface area contributed by atoms with Crippen LogP contribution in [-0.2, 0) is 13.6 Å². The van der Waals surface area contributed by atoms with Gasteiger partial charge in [-0.3, -0.25) is 4.68 Å². The summed E-state index contributed by atoms with van der Waals surface area (Å²) in [6.07, 6.45) is 7.23. The van der Waals surface area contributed by atoms with Crippen molar-refractivity contribution in [1.82, 2.24) is 29.9 Å². The van der Waals surface area contributed by atoms with E-state index in [9.17, 15) is 0 Å². The van der Waals surface area contributed by atoms with Crippen molar-refractivity contribution in [1.29, 1.82) is 0 Å². The van der Waals surface area contributed by atoms with Crippen LogP contribution in [0.1, 0.15) is 31.0 Å². The first kappa shape index (κ1) is 17.3. The number of aryl methyl sites for hydroxylation is 1. The Labute approximate surface area is 141 Å². The van der Waals surface area contributed by atoms with Crippen molar-refractivity contribution in [2.24, 2.45) is 7.05 Å².